The van der Waals surface area contributed by atoms with Crippen molar-refractivity contribution < 1.29 is 27.8 Å². The highest BCUT2D eigenvalue weighted by molar-refractivity contribution is 5.78. The van der Waals surface area contributed by atoms with E-state index in [1.807, 2.05) is 0 Å². The van der Waals surface area contributed by atoms with Gasteiger partial charge in [0, 0.05) is 5.56 Å². The molecule has 6 heteroatoms. The molecule has 88 valence electrons. The standard InChI is InChI=1S/C10H10F2O4/c1-14-7-3-6(5-13)4-8(9(7)15-2)16-10(11)12/h3-5,10H,1-2H3. The lowest BCUT2D eigenvalue weighted by molar-refractivity contribution is -0.0513. The Kier molecular flexibility index (Phi) is 4.04. The molecule has 1 aromatic rings. The smallest absolute Gasteiger partial charge is 0.387 e. The number of halogens is 2. The van der Waals surface area contributed by atoms with Crippen LogP contribution in [0.5, 0.6) is 17.2 Å². The fourth-order valence-electron chi connectivity index (χ4n) is 1.20. The van der Waals surface area contributed by atoms with Gasteiger partial charge in [0.2, 0.25) is 5.75 Å². The van der Waals surface area contributed by atoms with Gasteiger partial charge in [-0.25, -0.2) is 0 Å². The zero-order valence-corrected chi connectivity index (χ0v) is 8.70. The van der Waals surface area contributed by atoms with Crippen molar-refractivity contribution >= 4 is 6.29 Å². The van der Waals surface area contributed by atoms with Gasteiger partial charge in [0.1, 0.15) is 6.29 Å². The number of benzene rings is 1. The number of hydrogen-bond acceptors (Lipinski definition) is 4. The van der Waals surface area contributed by atoms with Crippen molar-refractivity contribution in [2.24, 2.45) is 0 Å². The van der Waals surface area contributed by atoms with Gasteiger partial charge >= 0.3 is 6.61 Å². The monoisotopic (exact) mass is 232 g/mol. The molecule has 0 spiro atoms. The number of rotatable bonds is 5. The van der Waals surface area contributed by atoms with Crippen molar-refractivity contribution in [3.05, 3.63) is 17.7 Å². The van der Waals surface area contributed by atoms with Crippen LogP contribution in [0.25, 0.3) is 0 Å². The molecule has 1 rings (SSSR count). The van der Waals surface area contributed by atoms with Gasteiger partial charge in [-0.3, -0.25) is 4.79 Å². The van der Waals surface area contributed by atoms with Gasteiger partial charge in [0.25, 0.3) is 0 Å². The Morgan fingerprint density at radius 1 is 1.19 bits per heavy atom. The molecule has 0 aliphatic heterocycles. The van der Waals surface area contributed by atoms with E-state index in [0.717, 1.165) is 6.07 Å². The van der Waals surface area contributed by atoms with E-state index in [0.29, 0.717) is 6.29 Å². The normalized spacial score (nSPS) is 10.1. The summed E-state index contributed by atoms with van der Waals surface area (Å²) in [7, 11) is 2.62. The van der Waals surface area contributed by atoms with Gasteiger partial charge in [0.05, 0.1) is 14.2 Å². The maximum atomic E-state index is 12.1. The lowest BCUT2D eigenvalue weighted by Crippen LogP contribution is -2.05. The third-order valence-corrected chi connectivity index (χ3v) is 1.82. The van der Waals surface area contributed by atoms with Crippen LogP contribution in [0.4, 0.5) is 8.78 Å². The molecule has 1 aromatic carbocycles. The number of alkyl halides is 2. The van der Waals surface area contributed by atoms with Gasteiger partial charge in [-0.1, -0.05) is 0 Å². The number of carbonyl (C=O) groups excluding carboxylic acids is 1. The van der Waals surface area contributed by atoms with E-state index in [-0.39, 0.29) is 22.8 Å². The number of carbonyl (C=O) groups is 1. The third-order valence-electron chi connectivity index (χ3n) is 1.82. The SMILES string of the molecule is COc1cc(C=O)cc(OC(F)F)c1OC. The molecule has 0 fully saturated rings. The van der Waals surface area contributed by atoms with Gasteiger partial charge < -0.3 is 14.2 Å². The summed E-state index contributed by atoms with van der Waals surface area (Å²) in [6.07, 6.45) is 0.500. The van der Waals surface area contributed by atoms with Crippen molar-refractivity contribution in [2.45, 2.75) is 6.61 Å². The Morgan fingerprint density at radius 2 is 1.81 bits per heavy atom. The van der Waals surface area contributed by atoms with E-state index in [2.05, 4.69) is 4.74 Å². The quantitative estimate of drug-likeness (QED) is 0.729. The first-order valence-corrected chi connectivity index (χ1v) is 4.28. The van der Waals surface area contributed by atoms with Crippen LogP contribution in [-0.4, -0.2) is 27.1 Å². The first-order valence-electron chi connectivity index (χ1n) is 4.28. The van der Waals surface area contributed by atoms with Crippen molar-refractivity contribution in [1.82, 2.24) is 0 Å². The Morgan fingerprint density at radius 3 is 2.25 bits per heavy atom. The van der Waals surface area contributed by atoms with Crippen molar-refractivity contribution in [2.75, 3.05) is 14.2 Å². The van der Waals surface area contributed by atoms with E-state index < -0.39 is 6.61 Å². The molecule has 0 bridgehead atoms. The van der Waals surface area contributed by atoms with E-state index in [4.69, 9.17) is 9.47 Å². The molecule has 0 radical (unpaired) electrons. The van der Waals surface area contributed by atoms with E-state index >= 15 is 0 Å². The Balaban J connectivity index is 3.25. The van der Waals surface area contributed by atoms with Crippen molar-refractivity contribution in [1.29, 1.82) is 0 Å². The lowest BCUT2D eigenvalue weighted by atomic mass is 10.2. The highest BCUT2D eigenvalue weighted by Crippen LogP contribution is 2.38. The molecule has 0 saturated carbocycles. The number of methoxy groups -OCH3 is 2. The van der Waals surface area contributed by atoms with Crippen LogP contribution in [0, 0.1) is 0 Å². The van der Waals surface area contributed by atoms with Crippen LogP contribution >= 0.6 is 0 Å². The summed E-state index contributed by atoms with van der Waals surface area (Å²) in [5, 5.41) is 0. The predicted molar refractivity (Wildman–Crippen MR) is 51.6 cm³/mol. The fourth-order valence-corrected chi connectivity index (χ4v) is 1.20. The van der Waals surface area contributed by atoms with Crippen LogP contribution in [0.3, 0.4) is 0 Å². The average molecular weight is 232 g/mol. The average Bonchev–Trinajstić information content (AvgIpc) is 2.27. The van der Waals surface area contributed by atoms with Gasteiger partial charge in [-0.15, -0.1) is 0 Å². The van der Waals surface area contributed by atoms with Crippen LogP contribution in [0.2, 0.25) is 0 Å². The summed E-state index contributed by atoms with van der Waals surface area (Å²) >= 11 is 0. The molecule has 16 heavy (non-hydrogen) atoms. The topological polar surface area (TPSA) is 44.8 Å². The van der Waals surface area contributed by atoms with Crippen molar-refractivity contribution in [3.8, 4) is 17.2 Å². The largest absolute Gasteiger partial charge is 0.493 e. The molecular weight excluding hydrogens is 222 g/mol. The summed E-state index contributed by atoms with van der Waals surface area (Å²) in [6.45, 7) is -3.00. The van der Waals surface area contributed by atoms with Crippen LogP contribution < -0.4 is 14.2 Å². The molecule has 0 aliphatic rings. The van der Waals surface area contributed by atoms with Crippen LogP contribution in [0.15, 0.2) is 12.1 Å². The molecule has 0 aromatic heterocycles. The summed E-state index contributed by atoms with van der Waals surface area (Å²) in [5.41, 5.74) is 0.160. The highest BCUT2D eigenvalue weighted by atomic mass is 19.3. The van der Waals surface area contributed by atoms with Crippen LogP contribution in [-0.2, 0) is 0 Å². The van der Waals surface area contributed by atoms with Crippen molar-refractivity contribution in [3.63, 3.8) is 0 Å². The minimum Gasteiger partial charge on any atom is -0.493 e. The highest BCUT2D eigenvalue weighted by Gasteiger charge is 2.16. The van der Waals surface area contributed by atoms with E-state index in [1.165, 1.54) is 20.3 Å². The van der Waals surface area contributed by atoms with E-state index in [1.54, 1.807) is 0 Å². The maximum absolute atomic E-state index is 12.1. The predicted octanol–water partition coefficient (Wildman–Crippen LogP) is 2.12. The third kappa shape index (κ3) is 2.59. The second-order valence-electron chi connectivity index (χ2n) is 2.75. The lowest BCUT2D eigenvalue weighted by Gasteiger charge is -2.13. The molecular formula is C10H10F2O4. The second-order valence-corrected chi connectivity index (χ2v) is 2.75. The molecule has 0 atom stereocenters. The summed E-state index contributed by atoms with van der Waals surface area (Å²) in [5.74, 6) is -0.0601. The molecule has 0 heterocycles. The first kappa shape index (κ1) is 12.2. The van der Waals surface area contributed by atoms with Gasteiger partial charge in [0.15, 0.2) is 11.5 Å². The zero-order chi connectivity index (χ0) is 12.1. The number of hydrogen-bond donors (Lipinski definition) is 0. The Bertz CT molecular complexity index is 379. The summed E-state index contributed by atoms with van der Waals surface area (Å²) in [4.78, 5) is 10.6. The molecule has 0 amide bonds. The van der Waals surface area contributed by atoms with Crippen LogP contribution in [0.1, 0.15) is 10.4 Å². The Hall–Kier alpha value is -1.85. The molecule has 0 N–H and O–H groups in total. The Labute approximate surface area is 90.7 Å². The minimum atomic E-state index is -3.00. The van der Waals surface area contributed by atoms with E-state index in [9.17, 15) is 13.6 Å². The molecule has 0 unspecified atom stereocenters. The fraction of sp³-hybridized carbons (Fsp3) is 0.300. The summed E-state index contributed by atoms with van der Waals surface area (Å²) in [6, 6.07) is 2.52. The van der Waals surface area contributed by atoms with Gasteiger partial charge in [-0.2, -0.15) is 8.78 Å². The summed E-state index contributed by atoms with van der Waals surface area (Å²) < 4.78 is 38.2. The van der Waals surface area contributed by atoms with Gasteiger partial charge in [-0.05, 0) is 12.1 Å². The molecule has 0 aliphatic carbocycles. The maximum Gasteiger partial charge on any atom is 0.387 e. The zero-order valence-electron chi connectivity index (χ0n) is 8.70. The molecule has 4 nitrogen and oxygen atoms in total. The minimum absolute atomic E-state index is 0.0217. The number of aldehydes is 1. The molecule has 0 saturated heterocycles. The second kappa shape index (κ2) is 5.29. The first-order chi connectivity index (χ1) is 7.62. The number of ether oxygens (including phenoxy) is 3.